The van der Waals surface area contributed by atoms with Crippen molar-refractivity contribution in [2.75, 3.05) is 0 Å². The van der Waals surface area contributed by atoms with Crippen molar-refractivity contribution in [3.05, 3.63) is 58.0 Å². The van der Waals surface area contributed by atoms with Crippen LogP contribution in [0.2, 0.25) is 0 Å². The normalized spacial score (nSPS) is 11.9. The van der Waals surface area contributed by atoms with Crippen LogP contribution < -0.4 is 5.32 Å². The molecule has 0 saturated carbocycles. The van der Waals surface area contributed by atoms with Crippen molar-refractivity contribution in [2.45, 2.75) is 32.9 Å². The summed E-state index contributed by atoms with van der Waals surface area (Å²) < 4.78 is 5.38. The van der Waals surface area contributed by atoms with Crippen molar-refractivity contribution in [2.24, 2.45) is 0 Å². The van der Waals surface area contributed by atoms with Gasteiger partial charge in [-0.15, -0.1) is 11.3 Å². The standard InChI is InChI=1S/C19H19N3O3S/c1-12-17(22-15-7-4-3-6-14(15)20-12)11-25-19(24)10-16(21-13(2)23)18-8-5-9-26-18/h3-9,16H,10-11H2,1-2H3,(H,21,23). The Kier molecular flexibility index (Phi) is 5.58. The molecule has 0 fully saturated rings. The summed E-state index contributed by atoms with van der Waals surface area (Å²) in [4.78, 5) is 33.6. The van der Waals surface area contributed by atoms with Crippen molar-refractivity contribution in [1.82, 2.24) is 15.3 Å². The van der Waals surface area contributed by atoms with E-state index in [1.165, 1.54) is 18.3 Å². The maximum absolute atomic E-state index is 12.3. The number of fused-ring (bicyclic) bond motifs is 1. The Labute approximate surface area is 155 Å². The molecule has 7 heteroatoms. The van der Waals surface area contributed by atoms with E-state index in [9.17, 15) is 9.59 Å². The average Bonchev–Trinajstić information content (AvgIpc) is 3.13. The van der Waals surface area contributed by atoms with Crippen molar-refractivity contribution >= 4 is 34.2 Å². The maximum atomic E-state index is 12.3. The molecule has 0 aliphatic carbocycles. The van der Waals surface area contributed by atoms with E-state index in [0.717, 1.165) is 21.6 Å². The number of para-hydroxylation sites is 2. The van der Waals surface area contributed by atoms with Gasteiger partial charge in [-0.3, -0.25) is 9.59 Å². The Morgan fingerprint density at radius 3 is 2.54 bits per heavy atom. The van der Waals surface area contributed by atoms with Gasteiger partial charge in [-0.05, 0) is 30.5 Å². The van der Waals surface area contributed by atoms with Crippen LogP contribution in [-0.4, -0.2) is 21.8 Å². The highest BCUT2D eigenvalue weighted by Crippen LogP contribution is 2.23. The third-order valence-corrected chi connectivity index (χ3v) is 4.83. The number of carbonyl (C=O) groups is 2. The van der Waals surface area contributed by atoms with E-state index in [1.54, 1.807) is 0 Å². The number of aromatic nitrogens is 2. The Morgan fingerprint density at radius 1 is 1.15 bits per heavy atom. The van der Waals surface area contributed by atoms with E-state index >= 15 is 0 Å². The fraction of sp³-hybridized carbons (Fsp3) is 0.263. The number of benzene rings is 1. The summed E-state index contributed by atoms with van der Waals surface area (Å²) >= 11 is 1.49. The third-order valence-electron chi connectivity index (χ3n) is 3.85. The minimum atomic E-state index is -0.397. The molecule has 26 heavy (non-hydrogen) atoms. The Morgan fingerprint density at radius 2 is 1.88 bits per heavy atom. The molecule has 2 heterocycles. The number of amides is 1. The van der Waals surface area contributed by atoms with E-state index in [2.05, 4.69) is 15.3 Å². The van der Waals surface area contributed by atoms with Gasteiger partial charge in [0.2, 0.25) is 5.91 Å². The Hall–Kier alpha value is -2.80. The fourth-order valence-electron chi connectivity index (χ4n) is 2.59. The number of carbonyl (C=O) groups excluding carboxylic acids is 2. The largest absolute Gasteiger partial charge is 0.459 e. The van der Waals surface area contributed by atoms with Gasteiger partial charge < -0.3 is 10.1 Å². The van der Waals surface area contributed by atoms with Crippen LogP contribution in [0, 0.1) is 6.92 Å². The molecule has 0 saturated heterocycles. The molecule has 0 spiro atoms. The van der Waals surface area contributed by atoms with Crippen LogP contribution in [0.3, 0.4) is 0 Å². The second-order valence-corrected chi connectivity index (χ2v) is 6.86. The smallest absolute Gasteiger partial charge is 0.308 e. The summed E-state index contributed by atoms with van der Waals surface area (Å²) in [5.41, 5.74) is 2.93. The van der Waals surface area contributed by atoms with Gasteiger partial charge in [-0.25, -0.2) is 9.97 Å². The van der Waals surface area contributed by atoms with Gasteiger partial charge in [0.25, 0.3) is 0 Å². The molecule has 1 N–H and O–H groups in total. The molecule has 3 aromatic rings. The molecular weight excluding hydrogens is 350 g/mol. The predicted octanol–water partition coefficient (Wildman–Crippen LogP) is 3.31. The first-order valence-electron chi connectivity index (χ1n) is 8.21. The second kappa shape index (κ2) is 8.05. The topological polar surface area (TPSA) is 81.2 Å². The lowest BCUT2D eigenvalue weighted by Gasteiger charge is -2.16. The quantitative estimate of drug-likeness (QED) is 0.674. The zero-order chi connectivity index (χ0) is 18.5. The van der Waals surface area contributed by atoms with Crippen molar-refractivity contribution in [3.8, 4) is 0 Å². The van der Waals surface area contributed by atoms with Gasteiger partial charge in [0.05, 0.1) is 34.9 Å². The van der Waals surface area contributed by atoms with E-state index in [4.69, 9.17) is 4.74 Å². The van der Waals surface area contributed by atoms with Crippen LogP contribution in [0.25, 0.3) is 11.0 Å². The molecule has 1 aromatic carbocycles. The van der Waals surface area contributed by atoms with Crippen LogP contribution >= 0.6 is 11.3 Å². The van der Waals surface area contributed by atoms with Crippen molar-refractivity contribution < 1.29 is 14.3 Å². The van der Waals surface area contributed by atoms with Gasteiger partial charge in [0.15, 0.2) is 0 Å². The molecule has 1 amide bonds. The van der Waals surface area contributed by atoms with E-state index < -0.39 is 5.97 Å². The number of nitrogens with one attached hydrogen (secondary N) is 1. The van der Waals surface area contributed by atoms with Gasteiger partial charge in [0, 0.05) is 11.8 Å². The molecular formula is C19H19N3O3S. The number of esters is 1. The molecule has 0 bridgehead atoms. The third kappa shape index (κ3) is 4.43. The minimum absolute atomic E-state index is 0.0553. The zero-order valence-electron chi connectivity index (χ0n) is 14.6. The lowest BCUT2D eigenvalue weighted by atomic mass is 10.1. The first kappa shape index (κ1) is 18.0. The molecule has 134 valence electrons. The van der Waals surface area contributed by atoms with Crippen molar-refractivity contribution in [1.29, 1.82) is 0 Å². The van der Waals surface area contributed by atoms with Gasteiger partial charge in [0.1, 0.15) is 6.61 Å². The second-order valence-electron chi connectivity index (χ2n) is 5.88. The molecule has 1 unspecified atom stereocenters. The Bertz CT molecular complexity index is 925. The molecule has 0 aliphatic heterocycles. The molecule has 0 aliphatic rings. The monoisotopic (exact) mass is 369 g/mol. The highest BCUT2D eigenvalue weighted by molar-refractivity contribution is 7.10. The zero-order valence-corrected chi connectivity index (χ0v) is 15.4. The van der Waals surface area contributed by atoms with E-state index in [-0.39, 0.29) is 25.0 Å². The van der Waals surface area contributed by atoms with Gasteiger partial charge >= 0.3 is 5.97 Å². The predicted molar refractivity (Wildman–Crippen MR) is 99.6 cm³/mol. The highest BCUT2D eigenvalue weighted by Gasteiger charge is 2.19. The first-order valence-corrected chi connectivity index (χ1v) is 9.09. The minimum Gasteiger partial charge on any atom is -0.459 e. The lowest BCUT2D eigenvalue weighted by molar-refractivity contribution is -0.145. The number of hydrogen-bond donors (Lipinski definition) is 1. The molecule has 0 radical (unpaired) electrons. The molecule has 1 atom stereocenters. The van der Waals surface area contributed by atoms with E-state index in [1.807, 2.05) is 48.7 Å². The number of hydrogen-bond acceptors (Lipinski definition) is 6. The van der Waals surface area contributed by atoms with Gasteiger partial charge in [-0.1, -0.05) is 18.2 Å². The number of nitrogens with zero attached hydrogens (tertiary/aromatic N) is 2. The summed E-state index contributed by atoms with van der Waals surface area (Å²) in [5.74, 6) is -0.584. The number of thiophene rings is 1. The van der Waals surface area contributed by atoms with Crippen LogP contribution in [0.5, 0.6) is 0 Å². The van der Waals surface area contributed by atoms with Gasteiger partial charge in [-0.2, -0.15) is 0 Å². The number of aryl methyl sites for hydroxylation is 1. The summed E-state index contributed by atoms with van der Waals surface area (Å²) in [6.07, 6.45) is 0.0696. The lowest BCUT2D eigenvalue weighted by Crippen LogP contribution is -2.28. The van der Waals surface area contributed by atoms with E-state index in [0.29, 0.717) is 5.69 Å². The van der Waals surface area contributed by atoms with Crippen LogP contribution in [-0.2, 0) is 20.9 Å². The number of ether oxygens (including phenoxy) is 1. The SMILES string of the molecule is CC(=O)NC(CC(=O)OCc1nc2ccccc2nc1C)c1cccs1. The summed E-state index contributed by atoms with van der Waals surface area (Å²) in [5, 5.41) is 4.70. The molecule has 6 nitrogen and oxygen atoms in total. The first-order chi connectivity index (χ1) is 12.5. The molecule has 3 rings (SSSR count). The van der Waals surface area contributed by atoms with Crippen molar-refractivity contribution in [3.63, 3.8) is 0 Å². The summed E-state index contributed by atoms with van der Waals surface area (Å²) in [6.45, 7) is 3.33. The highest BCUT2D eigenvalue weighted by atomic mass is 32.1. The molecule has 2 aromatic heterocycles. The average molecular weight is 369 g/mol. The summed E-state index contributed by atoms with van der Waals surface area (Å²) in [7, 11) is 0. The maximum Gasteiger partial charge on any atom is 0.308 e. The van der Waals surface area contributed by atoms with Crippen LogP contribution in [0.1, 0.15) is 35.7 Å². The fourth-order valence-corrected chi connectivity index (χ4v) is 3.37. The Balaban J connectivity index is 1.66. The summed E-state index contributed by atoms with van der Waals surface area (Å²) in [6, 6.07) is 10.9. The number of rotatable bonds is 6. The van der Waals surface area contributed by atoms with Crippen LogP contribution in [0.15, 0.2) is 41.8 Å². The van der Waals surface area contributed by atoms with Crippen LogP contribution in [0.4, 0.5) is 0 Å².